The van der Waals surface area contributed by atoms with Gasteiger partial charge in [-0.2, -0.15) is 0 Å². The van der Waals surface area contributed by atoms with Crippen LogP contribution < -0.4 is 23.7 Å². The molecule has 0 unspecified atom stereocenters. The summed E-state index contributed by atoms with van der Waals surface area (Å²) in [6.07, 6.45) is 2.74. The number of benzene rings is 3. The van der Waals surface area contributed by atoms with Crippen LogP contribution in [-0.4, -0.2) is 56.0 Å². The molecule has 1 aliphatic carbocycles. The number of aryl methyl sites for hydroxylation is 1. The molecule has 1 N–H and O–H groups in total. The number of nitrogens with one attached hydrogen (secondary N) is 1. The van der Waals surface area contributed by atoms with E-state index < -0.39 is 28.2 Å². The molecule has 10 nitrogen and oxygen atoms in total. The molecule has 11 heteroatoms. The molecule has 7 rings (SSSR count). The summed E-state index contributed by atoms with van der Waals surface area (Å²) in [7, 11) is 4.61. The number of halogens is 1. The van der Waals surface area contributed by atoms with Gasteiger partial charge in [0.15, 0.2) is 23.0 Å². The van der Waals surface area contributed by atoms with Gasteiger partial charge in [-0.25, -0.2) is 0 Å². The number of carbonyl (C=O) groups is 2. The Labute approximate surface area is 268 Å². The second-order valence-electron chi connectivity index (χ2n) is 11.3. The molecule has 0 amide bonds. The number of aromatic amines is 1. The number of methoxy groups -OCH3 is 3. The summed E-state index contributed by atoms with van der Waals surface area (Å²) in [6.45, 7) is 0.127. The first kappa shape index (κ1) is 29.3. The number of fused-ring (bicyclic) bond motifs is 4. The summed E-state index contributed by atoms with van der Waals surface area (Å²) in [4.78, 5) is 30.4. The van der Waals surface area contributed by atoms with Gasteiger partial charge in [-0.15, -0.1) is 0 Å². The van der Waals surface area contributed by atoms with E-state index in [2.05, 4.69) is 27.0 Å². The van der Waals surface area contributed by atoms with E-state index in [0.717, 1.165) is 34.0 Å². The quantitative estimate of drug-likeness (QED) is 0.169. The van der Waals surface area contributed by atoms with Crippen LogP contribution in [0.1, 0.15) is 47.1 Å². The molecule has 1 aromatic heterocycles. The van der Waals surface area contributed by atoms with Gasteiger partial charge in [-0.1, -0.05) is 34.1 Å². The lowest BCUT2D eigenvalue weighted by Gasteiger charge is -2.43. The van der Waals surface area contributed by atoms with Gasteiger partial charge in [0.1, 0.15) is 17.0 Å². The minimum atomic E-state index is -1.27. The predicted molar refractivity (Wildman–Crippen MR) is 167 cm³/mol. The van der Waals surface area contributed by atoms with E-state index in [1.54, 1.807) is 14.2 Å². The van der Waals surface area contributed by atoms with Crippen molar-refractivity contribution < 1.29 is 42.7 Å². The van der Waals surface area contributed by atoms with Crippen LogP contribution in [0.5, 0.6) is 28.7 Å². The summed E-state index contributed by atoms with van der Waals surface area (Å²) in [5, 5.41) is 1.15. The number of esters is 2. The molecule has 234 valence electrons. The average molecular weight is 679 g/mol. The molecule has 3 aliphatic rings. The van der Waals surface area contributed by atoms with Gasteiger partial charge >= 0.3 is 11.9 Å². The fraction of sp³-hybridized carbons (Fsp3) is 0.353. The third-order valence-electron chi connectivity index (χ3n) is 9.01. The number of H-pyrrole nitrogens is 1. The molecule has 45 heavy (non-hydrogen) atoms. The number of para-hydroxylation sites is 1. The van der Waals surface area contributed by atoms with E-state index in [1.807, 2.05) is 48.7 Å². The number of rotatable bonds is 9. The van der Waals surface area contributed by atoms with E-state index in [0.29, 0.717) is 40.7 Å². The first-order valence-electron chi connectivity index (χ1n) is 14.7. The third kappa shape index (κ3) is 4.75. The minimum absolute atomic E-state index is 0.0617. The molecule has 4 aromatic rings. The normalized spacial score (nSPS) is 22.8. The Morgan fingerprint density at radius 1 is 0.978 bits per heavy atom. The van der Waals surface area contributed by atoms with Gasteiger partial charge in [-0.3, -0.25) is 9.59 Å². The van der Waals surface area contributed by atoms with Crippen LogP contribution in [-0.2, 0) is 25.5 Å². The second-order valence-corrected chi connectivity index (χ2v) is 12.6. The monoisotopic (exact) mass is 677 g/mol. The number of carbonyl (C=O) groups excluding carboxylic acids is 2. The van der Waals surface area contributed by atoms with E-state index in [1.165, 1.54) is 7.11 Å². The summed E-state index contributed by atoms with van der Waals surface area (Å²) in [6, 6.07) is 15.4. The highest BCUT2D eigenvalue weighted by Crippen LogP contribution is 2.61. The molecule has 3 heterocycles. The van der Waals surface area contributed by atoms with Gasteiger partial charge in [0.25, 0.3) is 0 Å². The molecule has 0 bridgehead atoms. The zero-order valence-electron chi connectivity index (χ0n) is 25.0. The Kier molecular flexibility index (Phi) is 7.51. The lowest BCUT2D eigenvalue weighted by atomic mass is 9.66. The molecule has 2 aliphatic heterocycles. The van der Waals surface area contributed by atoms with E-state index in [-0.39, 0.29) is 25.8 Å². The Bertz CT molecular complexity index is 1780. The topological polar surface area (TPSA) is 115 Å². The number of aromatic nitrogens is 1. The third-order valence-corrected chi connectivity index (χ3v) is 10.4. The zero-order valence-corrected chi connectivity index (χ0v) is 26.6. The Hall–Kier alpha value is -4.38. The average Bonchev–Trinajstić information content (AvgIpc) is 3.77. The van der Waals surface area contributed by atoms with Crippen molar-refractivity contribution in [3.05, 3.63) is 77.0 Å². The molecule has 0 spiro atoms. The van der Waals surface area contributed by atoms with Crippen molar-refractivity contribution in [3.63, 3.8) is 0 Å². The Morgan fingerprint density at radius 2 is 1.69 bits per heavy atom. The van der Waals surface area contributed by atoms with Crippen LogP contribution in [0.4, 0.5) is 0 Å². The van der Waals surface area contributed by atoms with Crippen LogP contribution in [0, 0.1) is 5.92 Å². The smallest absolute Gasteiger partial charge is 0.324 e. The molecular weight excluding hydrogens is 646 g/mol. The minimum Gasteiger partial charge on any atom is -0.493 e. The lowest BCUT2D eigenvalue weighted by molar-refractivity contribution is -0.153. The van der Waals surface area contributed by atoms with Gasteiger partial charge in [0, 0.05) is 35.0 Å². The van der Waals surface area contributed by atoms with Crippen LogP contribution in [0.15, 0.2) is 54.7 Å². The summed E-state index contributed by atoms with van der Waals surface area (Å²) in [5.41, 5.74) is 4.39. The van der Waals surface area contributed by atoms with Gasteiger partial charge < -0.3 is 38.1 Å². The van der Waals surface area contributed by atoms with Crippen LogP contribution in [0.25, 0.3) is 10.9 Å². The second kappa shape index (κ2) is 11.5. The van der Waals surface area contributed by atoms with E-state index >= 15 is 0 Å². The van der Waals surface area contributed by atoms with Crippen LogP contribution in [0.2, 0.25) is 0 Å². The van der Waals surface area contributed by atoms with Crippen molar-refractivity contribution in [2.45, 2.75) is 35.6 Å². The SMILES string of the molecule is COc1cc([C@@H]2c3cc4c(cc3[C@H](OC(=O)CCCc3c[nH]c5ccccc35)[C@H]3COC(=O)[C@@]23Br)OCO4)cc(OC)c1OC. The molecule has 1 saturated heterocycles. The molecule has 1 fully saturated rings. The van der Waals surface area contributed by atoms with E-state index in [4.69, 9.17) is 33.2 Å². The number of hydrogen-bond donors (Lipinski definition) is 1. The fourth-order valence-electron chi connectivity index (χ4n) is 6.90. The first-order chi connectivity index (χ1) is 21.9. The lowest BCUT2D eigenvalue weighted by Crippen LogP contribution is -2.48. The van der Waals surface area contributed by atoms with E-state index in [9.17, 15) is 9.59 Å². The molecular formula is C34H32BrNO9. The van der Waals surface area contributed by atoms with Crippen molar-refractivity contribution in [1.82, 2.24) is 4.98 Å². The molecule has 4 atom stereocenters. The van der Waals surface area contributed by atoms with Crippen LogP contribution >= 0.6 is 15.9 Å². The molecule has 0 radical (unpaired) electrons. The van der Waals surface area contributed by atoms with Crippen molar-refractivity contribution in [2.24, 2.45) is 5.92 Å². The van der Waals surface area contributed by atoms with Crippen molar-refractivity contribution in [2.75, 3.05) is 34.7 Å². The number of cyclic esters (lactones) is 1. The number of alkyl halides is 1. The number of ether oxygens (including phenoxy) is 7. The summed E-state index contributed by atoms with van der Waals surface area (Å²) < 4.78 is 39.0. The summed E-state index contributed by atoms with van der Waals surface area (Å²) in [5.74, 6) is 0.458. The fourth-order valence-corrected chi connectivity index (χ4v) is 7.90. The maximum atomic E-state index is 13.7. The standard InChI is InChI=1S/C34H32BrNO9/c1-39-27-11-19(12-28(40-2)32(27)41-3)30-21-13-25-26(44-17-43-25)14-22(21)31(23-16-42-33(38)34(23,30)35)45-29(37)10-6-7-18-15-36-24-9-5-4-8-20(18)24/h4-5,8-9,11-15,23,30-31,36H,6-7,10,16-17H2,1-3H3/t23-,30-,31+,34+/m1/s1. The maximum absolute atomic E-state index is 13.7. The summed E-state index contributed by atoms with van der Waals surface area (Å²) >= 11 is 3.85. The Morgan fingerprint density at radius 3 is 2.40 bits per heavy atom. The highest BCUT2D eigenvalue weighted by atomic mass is 79.9. The van der Waals surface area contributed by atoms with Crippen molar-refractivity contribution in [1.29, 1.82) is 0 Å². The highest BCUT2D eigenvalue weighted by molar-refractivity contribution is 9.10. The molecule has 3 aromatic carbocycles. The van der Waals surface area contributed by atoms with Gasteiger partial charge in [-0.05, 0) is 59.9 Å². The molecule has 0 saturated carbocycles. The zero-order chi connectivity index (χ0) is 31.3. The van der Waals surface area contributed by atoms with Gasteiger partial charge in [0.2, 0.25) is 12.5 Å². The predicted octanol–water partition coefficient (Wildman–Crippen LogP) is 5.98. The van der Waals surface area contributed by atoms with Crippen molar-refractivity contribution >= 4 is 38.8 Å². The van der Waals surface area contributed by atoms with Crippen LogP contribution in [0.3, 0.4) is 0 Å². The van der Waals surface area contributed by atoms with Gasteiger partial charge in [0.05, 0.1) is 27.2 Å². The largest absolute Gasteiger partial charge is 0.493 e. The highest BCUT2D eigenvalue weighted by Gasteiger charge is 2.64. The first-order valence-corrected chi connectivity index (χ1v) is 15.5. The van der Waals surface area contributed by atoms with Crippen molar-refractivity contribution in [3.8, 4) is 28.7 Å². The maximum Gasteiger partial charge on any atom is 0.324 e. The Balaban J connectivity index is 1.25. The number of hydrogen-bond acceptors (Lipinski definition) is 9.